The number of nitrogens with one attached hydrogen (secondary N) is 2. The van der Waals surface area contributed by atoms with Gasteiger partial charge in [0.05, 0.1) is 22.4 Å². The number of sulfonamides is 1. The lowest BCUT2D eigenvalue weighted by Gasteiger charge is -2.09. The number of benzene rings is 3. The van der Waals surface area contributed by atoms with Crippen molar-refractivity contribution in [1.82, 2.24) is 4.98 Å². The van der Waals surface area contributed by atoms with Gasteiger partial charge in [0.1, 0.15) is 5.75 Å². The first-order valence-corrected chi connectivity index (χ1v) is 11.8. The lowest BCUT2D eigenvalue weighted by Crippen LogP contribution is -2.13. The fourth-order valence-corrected chi connectivity index (χ4v) is 4.68. The van der Waals surface area contributed by atoms with Crippen molar-refractivity contribution in [1.29, 1.82) is 0 Å². The number of azo groups is 1. The Morgan fingerprint density at radius 3 is 2.43 bits per heavy atom. The summed E-state index contributed by atoms with van der Waals surface area (Å²) in [5.41, 5.74) is 2.16. The number of fused-ring (bicyclic) bond motifs is 1. The molecular formula is C23H21N5O6S. The molecule has 0 amide bonds. The molecule has 0 saturated heterocycles. The van der Waals surface area contributed by atoms with Gasteiger partial charge in [-0.2, -0.15) is 0 Å². The molecule has 3 aromatic carbocycles. The maximum atomic E-state index is 12.8. The van der Waals surface area contributed by atoms with Crippen molar-refractivity contribution in [3.63, 3.8) is 0 Å². The number of rotatable bonds is 7. The van der Waals surface area contributed by atoms with Gasteiger partial charge in [0.15, 0.2) is 11.4 Å². The molecule has 0 fully saturated rings. The van der Waals surface area contributed by atoms with Crippen LogP contribution in [0.3, 0.4) is 0 Å². The van der Waals surface area contributed by atoms with Gasteiger partial charge in [0, 0.05) is 17.1 Å². The number of H-pyrrole nitrogens is 1. The third-order valence-electron chi connectivity index (χ3n) is 5.26. The molecule has 0 radical (unpaired) electrons. The number of aromatic nitrogens is 1. The summed E-state index contributed by atoms with van der Waals surface area (Å²) in [4.78, 5) is 13.4. The molecule has 0 saturated carbocycles. The maximum absolute atomic E-state index is 12.8. The van der Waals surface area contributed by atoms with Gasteiger partial charge < -0.3 is 14.8 Å². The van der Waals surface area contributed by atoms with E-state index < -0.39 is 20.6 Å². The molecule has 4 rings (SSSR count). The Morgan fingerprint density at radius 2 is 1.77 bits per heavy atom. The zero-order chi connectivity index (χ0) is 25.3. The Hall–Kier alpha value is -4.45. The summed E-state index contributed by atoms with van der Waals surface area (Å²) in [6.07, 6.45) is 0. The number of aryl methyl sites for hydroxylation is 2. The minimum absolute atomic E-state index is 0.124. The van der Waals surface area contributed by atoms with Crippen molar-refractivity contribution in [3.05, 3.63) is 75.8 Å². The number of hydrogen-bond donors (Lipinski definition) is 3. The lowest BCUT2D eigenvalue weighted by atomic mass is 10.1. The standard InChI is InChI=1S/C23H21N5O6S/c1-13-10-14(2)21-18(11-13)22(23(29)24-21)26-25-19-9-8-17(12-20(19)28(30)31)35(32,33)27-15-4-6-16(34-3)7-5-15/h4-12,24,27,29H,1-3H3. The van der Waals surface area contributed by atoms with Gasteiger partial charge in [-0.3, -0.25) is 14.8 Å². The number of anilines is 1. The molecule has 0 bridgehead atoms. The van der Waals surface area contributed by atoms with Gasteiger partial charge in [-0.15, -0.1) is 10.2 Å². The van der Waals surface area contributed by atoms with E-state index in [9.17, 15) is 23.6 Å². The molecule has 0 aliphatic heterocycles. The molecule has 180 valence electrons. The van der Waals surface area contributed by atoms with Gasteiger partial charge in [-0.1, -0.05) is 11.6 Å². The number of nitrogens with zero attached hydrogens (tertiary/aromatic N) is 3. The molecule has 0 aliphatic carbocycles. The molecule has 12 heteroatoms. The topological polar surface area (TPSA) is 159 Å². The molecule has 3 N–H and O–H groups in total. The molecule has 35 heavy (non-hydrogen) atoms. The van der Waals surface area contributed by atoms with Crippen molar-refractivity contribution in [2.75, 3.05) is 11.8 Å². The number of aromatic amines is 1. The predicted octanol–water partition coefficient (Wildman–Crippen LogP) is 5.62. The number of nitro groups is 1. The monoisotopic (exact) mass is 495 g/mol. The fourth-order valence-electron chi connectivity index (χ4n) is 3.60. The predicted molar refractivity (Wildman–Crippen MR) is 131 cm³/mol. The van der Waals surface area contributed by atoms with E-state index in [-0.39, 0.29) is 27.8 Å². The average Bonchev–Trinajstić information content (AvgIpc) is 3.13. The van der Waals surface area contributed by atoms with Crippen LogP contribution in [0.5, 0.6) is 11.6 Å². The molecular weight excluding hydrogens is 474 g/mol. The van der Waals surface area contributed by atoms with Crippen molar-refractivity contribution < 1.29 is 23.2 Å². The van der Waals surface area contributed by atoms with Crippen LogP contribution >= 0.6 is 0 Å². The third-order valence-corrected chi connectivity index (χ3v) is 6.64. The van der Waals surface area contributed by atoms with Gasteiger partial charge in [-0.25, -0.2) is 8.42 Å². The Kier molecular flexibility index (Phi) is 6.14. The number of nitro benzene ring substituents is 1. The van der Waals surface area contributed by atoms with E-state index in [1.165, 1.54) is 31.4 Å². The number of aromatic hydroxyl groups is 1. The van der Waals surface area contributed by atoms with Crippen LogP contribution in [-0.2, 0) is 10.0 Å². The van der Waals surface area contributed by atoms with Gasteiger partial charge in [0.25, 0.3) is 15.7 Å². The first-order valence-electron chi connectivity index (χ1n) is 10.3. The second-order valence-electron chi connectivity index (χ2n) is 7.77. The highest BCUT2D eigenvalue weighted by Crippen LogP contribution is 2.39. The number of ether oxygens (including phenoxy) is 1. The molecule has 1 aromatic heterocycles. The summed E-state index contributed by atoms with van der Waals surface area (Å²) >= 11 is 0. The van der Waals surface area contributed by atoms with E-state index >= 15 is 0 Å². The largest absolute Gasteiger partial charge is 0.497 e. The Balaban J connectivity index is 1.69. The van der Waals surface area contributed by atoms with E-state index in [1.54, 1.807) is 12.1 Å². The molecule has 1 heterocycles. The van der Waals surface area contributed by atoms with Crippen LogP contribution in [0.2, 0.25) is 0 Å². The van der Waals surface area contributed by atoms with Crippen LogP contribution in [0.4, 0.5) is 22.7 Å². The van der Waals surface area contributed by atoms with Crippen molar-refractivity contribution in [2.24, 2.45) is 10.2 Å². The van der Waals surface area contributed by atoms with Crippen molar-refractivity contribution >= 4 is 43.7 Å². The second kappa shape index (κ2) is 9.06. The van der Waals surface area contributed by atoms with E-state index in [2.05, 4.69) is 19.9 Å². The average molecular weight is 496 g/mol. The fraction of sp³-hybridized carbons (Fsp3) is 0.130. The van der Waals surface area contributed by atoms with Crippen LogP contribution in [-0.4, -0.2) is 30.5 Å². The van der Waals surface area contributed by atoms with Crippen molar-refractivity contribution in [2.45, 2.75) is 18.7 Å². The molecule has 11 nitrogen and oxygen atoms in total. The highest BCUT2D eigenvalue weighted by atomic mass is 32.2. The SMILES string of the molecule is COc1ccc(NS(=O)(=O)c2ccc(N=Nc3c(O)[nH]c4c(C)cc(C)cc34)c([N+](=O)[O-])c2)cc1. The van der Waals surface area contributed by atoms with Gasteiger partial charge in [0.2, 0.25) is 5.88 Å². The molecule has 0 unspecified atom stereocenters. The highest BCUT2D eigenvalue weighted by molar-refractivity contribution is 7.92. The molecule has 0 spiro atoms. The second-order valence-corrected chi connectivity index (χ2v) is 9.45. The third kappa shape index (κ3) is 4.77. The van der Waals surface area contributed by atoms with Crippen molar-refractivity contribution in [3.8, 4) is 11.6 Å². The Labute approximate surface area is 200 Å². The molecule has 0 aliphatic rings. The van der Waals surface area contributed by atoms with E-state index in [4.69, 9.17) is 4.74 Å². The van der Waals surface area contributed by atoms with Crippen LogP contribution < -0.4 is 9.46 Å². The van der Waals surface area contributed by atoms with Gasteiger partial charge >= 0.3 is 0 Å². The maximum Gasteiger partial charge on any atom is 0.298 e. The summed E-state index contributed by atoms with van der Waals surface area (Å²) in [6.45, 7) is 3.76. The van der Waals surface area contributed by atoms with E-state index in [1.807, 2.05) is 26.0 Å². The summed E-state index contributed by atoms with van der Waals surface area (Å²) in [5.74, 6) is 0.313. The van der Waals surface area contributed by atoms with Crippen LogP contribution in [0, 0.1) is 24.0 Å². The summed E-state index contributed by atoms with van der Waals surface area (Å²) in [6, 6.07) is 13.2. The zero-order valence-corrected chi connectivity index (χ0v) is 19.8. The minimum Gasteiger partial charge on any atom is -0.497 e. The van der Waals surface area contributed by atoms with Crippen LogP contribution in [0.15, 0.2) is 69.7 Å². The quantitative estimate of drug-likeness (QED) is 0.171. The minimum atomic E-state index is -4.12. The normalized spacial score (nSPS) is 11.7. The lowest BCUT2D eigenvalue weighted by molar-refractivity contribution is -0.384. The van der Waals surface area contributed by atoms with Gasteiger partial charge in [-0.05, 0) is 61.9 Å². The zero-order valence-electron chi connectivity index (χ0n) is 18.9. The number of hydrogen-bond acceptors (Lipinski definition) is 8. The summed E-state index contributed by atoms with van der Waals surface area (Å²) in [5, 5.41) is 30.5. The summed E-state index contributed by atoms with van der Waals surface area (Å²) in [7, 11) is -2.64. The highest BCUT2D eigenvalue weighted by Gasteiger charge is 2.22. The molecule has 4 aromatic rings. The number of methoxy groups -OCH3 is 1. The smallest absolute Gasteiger partial charge is 0.298 e. The van der Waals surface area contributed by atoms with Crippen LogP contribution in [0.1, 0.15) is 11.1 Å². The Bertz CT molecular complexity index is 1580. The Morgan fingerprint density at radius 1 is 1.06 bits per heavy atom. The first-order chi connectivity index (χ1) is 16.6. The first kappa shape index (κ1) is 23.7. The van der Waals surface area contributed by atoms with E-state index in [0.29, 0.717) is 16.7 Å². The van der Waals surface area contributed by atoms with Crippen LogP contribution in [0.25, 0.3) is 10.9 Å². The van der Waals surface area contributed by atoms with E-state index in [0.717, 1.165) is 17.2 Å². The molecule has 0 atom stereocenters. The summed E-state index contributed by atoms with van der Waals surface area (Å²) < 4.78 is 33.0.